The maximum atomic E-state index is 5.67. The lowest BCUT2D eigenvalue weighted by Gasteiger charge is -2.43. The molecule has 0 aromatic carbocycles. The number of hydrogen-bond acceptors (Lipinski definition) is 5. The fourth-order valence-corrected chi connectivity index (χ4v) is 4.37. The van der Waals surface area contributed by atoms with Gasteiger partial charge < -0.3 is 15.4 Å². The molecule has 102 valence electrons. The smallest absolute Gasteiger partial charge is 0.0997 e. The molecule has 4 fully saturated rings. The molecule has 0 bridgehead atoms. The topological polar surface area (TPSA) is 39.8 Å². The summed E-state index contributed by atoms with van der Waals surface area (Å²) in [5, 5.41) is 7.19. The zero-order chi connectivity index (χ0) is 11.9. The first-order valence-electron chi connectivity index (χ1n) is 7.42. The number of rotatable bonds is 1. The Labute approximate surface area is 109 Å². The summed E-state index contributed by atoms with van der Waals surface area (Å²) < 4.78 is 5.67. The van der Waals surface area contributed by atoms with E-state index in [0.717, 1.165) is 38.4 Å². The summed E-state index contributed by atoms with van der Waals surface area (Å²) >= 11 is 0. The number of piperazine rings is 2. The summed E-state index contributed by atoms with van der Waals surface area (Å²) in [6.45, 7) is 8.91. The van der Waals surface area contributed by atoms with E-state index < -0.39 is 0 Å². The van der Waals surface area contributed by atoms with Crippen molar-refractivity contribution in [3.63, 3.8) is 0 Å². The van der Waals surface area contributed by atoms with Gasteiger partial charge >= 0.3 is 0 Å². The van der Waals surface area contributed by atoms with E-state index in [0.29, 0.717) is 12.1 Å². The van der Waals surface area contributed by atoms with Crippen molar-refractivity contribution in [3.05, 3.63) is 0 Å². The van der Waals surface area contributed by atoms with Gasteiger partial charge in [-0.05, 0) is 18.9 Å². The Bertz CT molecular complexity index is 313. The summed E-state index contributed by atoms with van der Waals surface area (Å²) in [6.07, 6.45) is 1.36. The van der Waals surface area contributed by atoms with Crippen LogP contribution in [0.1, 0.15) is 6.42 Å². The number of hydrogen-bond donors (Lipinski definition) is 2. The van der Waals surface area contributed by atoms with E-state index in [2.05, 4.69) is 20.4 Å². The molecule has 4 rings (SSSR count). The van der Waals surface area contributed by atoms with Crippen LogP contribution in [0.3, 0.4) is 0 Å². The molecule has 18 heavy (non-hydrogen) atoms. The minimum absolute atomic E-state index is 0.620. The number of fused-ring (bicyclic) bond motifs is 2. The molecule has 0 aliphatic carbocycles. The molecule has 4 unspecified atom stereocenters. The second-order valence-electron chi connectivity index (χ2n) is 6.15. The third-order valence-electron chi connectivity index (χ3n) is 5.32. The third-order valence-corrected chi connectivity index (χ3v) is 5.32. The van der Waals surface area contributed by atoms with E-state index in [1.807, 2.05) is 0 Å². The minimum atomic E-state index is 0.620. The molecule has 0 radical (unpaired) electrons. The van der Waals surface area contributed by atoms with Crippen LogP contribution in [0.5, 0.6) is 0 Å². The first-order chi connectivity index (χ1) is 8.93. The van der Waals surface area contributed by atoms with Crippen LogP contribution in [0, 0.1) is 5.92 Å². The van der Waals surface area contributed by atoms with Crippen LogP contribution in [0.15, 0.2) is 0 Å². The SMILES string of the molecule is C1CN2CCC(C3CNCC4COCN43)C2CN1. The molecule has 4 heterocycles. The molecule has 0 spiro atoms. The monoisotopic (exact) mass is 252 g/mol. The molecule has 5 nitrogen and oxygen atoms in total. The highest BCUT2D eigenvalue weighted by Crippen LogP contribution is 2.33. The second kappa shape index (κ2) is 4.72. The maximum Gasteiger partial charge on any atom is 0.0997 e. The Morgan fingerprint density at radius 3 is 2.94 bits per heavy atom. The Morgan fingerprint density at radius 2 is 1.94 bits per heavy atom. The van der Waals surface area contributed by atoms with Crippen LogP contribution in [0.4, 0.5) is 0 Å². The summed E-state index contributed by atoms with van der Waals surface area (Å²) in [6, 6.07) is 2.06. The number of ether oxygens (including phenoxy) is 1. The van der Waals surface area contributed by atoms with Crippen molar-refractivity contribution in [3.8, 4) is 0 Å². The molecule has 0 amide bonds. The lowest BCUT2D eigenvalue weighted by atomic mass is 9.88. The van der Waals surface area contributed by atoms with Crippen LogP contribution < -0.4 is 10.6 Å². The zero-order valence-corrected chi connectivity index (χ0v) is 11.0. The highest BCUT2D eigenvalue weighted by atomic mass is 16.5. The van der Waals surface area contributed by atoms with Gasteiger partial charge in [-0.15, -0.1) is 0 Å². The molecule has 0 aromatic heterocycles. The fourth-order valence-electron chi connectivity index (χ4n) is 4.37. The van der Waals surface area contributed by atoms with Gasteiger partial charge in [-0.2, -0.15) is 0 Å². The molecule has 2 N–H and O–H groups in total. The summed E-state index contributed by atoms with van der Waals surface area (Å²) in [5.74, 6) is 0.815. The summed E-state index contributed by atoms with van der Waals surface area (Å²) in [5.41, 5.74) is 0. The van der Waals surface area contributed by atoms with Gasteiger partial charge in [0.15, 0.2) is 0 Å². The molecule has 4 aliphatic rings. The Kier molecular flexibility index (Phi) is 3.05. The fraction of sp³-hybridized carbons (Fsp3) is 1.00. The van der Waals surface area contributed by atoms with Crippen molar-refractivity contribution in [1.82, 2.24) is 20.4 Å². The molecule has 4 aliphatic heterocycles. The van der Waals surface area contributed by atoms with Gasteiger partial charge in [-0.1, -0.05) is 0 Å². The van der Waals surface area contributed by atoms with Gasteiger partial charge in [0, 0.05) is 50.8 Å². The quantitative estimate of drug-likeness (QED) is 0.621. The average Bonchev–Trinajstić information content (AvgIpc) is 3.05. The lowest BCUT2D eigenvalue weighted by molar-refractivity contribution is 0.0447. The molecule has 0 aromatic rings. The lowest BCUT2D eigenvalue weighted by Crippen LogP contribution is -2.61. The van der Waals surface area contributed by atoms with Gasteiger partial charge in [0.2, 0.25) is 0 Å². The predicted octanol–water partition coefficient (Wildman–Crippen LogP) is -1.09. The highest BCUT2D eigenvalue weighted by Gasteiger charge is 2.45. The van der Waals surface area contributed by atoms with E-state index in [4.69, 9.17) is 4.74 Å². The number of nitrogens with one attached hydrogen (secondary N) is 2. The van der Waals surface area contributed by atoms with Crippen LogP contribution >= 0.6 is 0 Å². The zero-order valence-electron chi connectivity index (χ0n) is 11.0. The van der Waals surface area contributed by atoms with Gasteiger partial charge in [0.1, 0.15) is 0 Å². The van der Waals surface area contributed by atoms with Crippen LogP contribution in [0.25, 0.3) is 0 Å². The van der Waals surface area contributed by atoms with E-state index in [1.165, 1.54) is 32.6 Å². The van der Waals surface area contributed by atoms with Crippen molar-refractivity contribution in [2.45, 2.75) is 24.5 Å². The molecule has 4 atom stereocenters. The average molecular weight is 252 g/mol. The minimum Gasteiger partial charge on any atom is -0.364 e. The molecule has 5 heteroatoms. The Balaban J connectivity index is 1.51. The third kappa shape index (κ3) is 1.80. The highest BCUT2D eigenvalue weighted by molar-refractivity contribution is 5.01. The van der Waals surface area contributed by atoms with Crippen molar-refractivity contribution in [1.29, 1.82) is 0 Å². The molecule has 0 saturated carbocycles. The van der Waals surface area contributed by atoms with Crippen molar-refractivity contribution >= 4 is 0 Å². The van der Waals surface area contributed by atoms with E-state index in [9.17, 15) is 0 Å². The van der Waals surface area contributed by atoms with Gasteiger partial charge in [0.05, 0.1) is 13.3 Å². The van der Waals surface area contributed by atoms with Crippen molar-refractivity contribution in [2.75, 3.05) is 52.6 Å². The Morgan fingerprint density at radius 1 is 1.00 bits per heavy atom. The predicted molar refractivity (Wildman–Crippen MR) is 69.4 cm³/mol. The molecular weight excluding hydrogens is 228 g/mol. The van der Waals surface area contributed by atoms with Gasteiger partial charge in [-0.3, -0.25) is 9.80 Å². The van der Waals surface area contributed by atoms with Crippen molar-refractivity contribution < 1.29 is 4.74 Å². The van der Waals surface area contributed by atoms with Crippen LogP contribution in [-0.4, -0.2) is 80.5 Å². The van der Waals surface area contributed by atoms with E-state index >= 15 is 0 Å². The van der Waals surface area contributed by atoms with Crippen molar-refractivity contribution in [2.24, 2.45) is 5.92 Å². The summed E-state index contributed by atoms with van der Waals surface area (Å²) in [7, 11) is 0. The van der Waals surface area contributed by atoms with E-state index in [1.54, 1.807) is 0 Å². The molecule has 4 saturated heterocycles. The molecular formula is C13H24N4O. The number of nitrogens with zero attached hydrogens (tertiary/aromatic N) is 2. The maximum absolute atomic E-state index is 5.67. The first-order valence-corrected chi connectivity index (χ1v) is 7.42. The first kappa shape index (κ1) is 11.6. The Hall–Kier alpha value is -0.200. The van der Waals surface area contributed by atoms with Crippen LogP contribution in [-0.2, 0) is 4.74 Å². The van der Waals surface area contributed by atoms with Gasteiger partial charge in [0.25, 0.3) is 0 Å². The standard InChI is InChI=1S/C13H24N4O/c1-3-16-4-2-14-6-12(16)11(1)13-7-15-5-10-8-18-9-17(10)13/h10-15H,1-9H2. The van der Waals surface area contributed by atoms with Crippen LogP contribution in [0.2, 0.25) is 0 Å². The normalized spacial score (nSPS) is 46.0. The second-order valence-corrected chi connectivity index (χ2v) is 6.15. The largest absolute Gasteiger partial charge is 0.364 e. The summed E-state index contributed by atoms with van der Waals surface area (Å²) in [4.78, 5) is 5.32. The van der Waals surface area contributed by atoms with Gasteiger partial charge in [-0.25, -0.2) is 0 Å². The van der Waals surface area contributed by atoms with E-state index in [-0.39, 0.29) is 0 Å².